The largest absolute Gasteiger partial charge is 0.371 e. The minimum atomic E-state index is -0.145. The first kappa shape index (κ1) is 14.3. The number of halogens is 1. The lowest BCUT2D eigenvalue weighted by molar-refractivity contribution is 0.444. The summed E-state index contributed by atoms with van der Waals surface area (Å²) in [6, 6.07) is 5.39. The van der Waals surface area contributed by atoms with Crippen molar-refractivity contribution in [3.05, 3.63) is 29.6 Å². The maximum Gasteiger partial charge on any atom is 0.123 e. The molecular weight excluding hydrogens is 239 g/mol. The summed E-state index contributed by atoms with van der Waals surface area (Å²) in [6.45, 7) is 9.55. The second-order valence-corrected chi connectivity index (χ2v) is 5.68. The Morgan fingerprint density at radius 1 is 1.47 bits per heavy atom. The zero-order chi connectivity index (χ0) is 13.8. The Labute approximate surface area is 116 Å². The molecule has 2 nitrogen and oxygen atoms in total. The maximum absolute atomic E-state index is 13.5. The molecule has 0 aromatic heterocycles. The van der Waals surface area contributed by atoms with E-state index in [0.717, 1.165) is 31.1 Å². The number of benzene rings is 1. The van der Waals surface area contributed by atoms with E-state index < -0.39 is 0 Å². The molecule has 3 heteroatoms. The molecule has 106 valence electrons. The van der Waals surface area contributed by atoms with Crippen LogP contribution in [0.15, 0.2) is 18.2 Å². The molecule has 0 saturated carbocycles. The molecule has 2 unspecified atom stereocenters. The summed E-state index contributed by atoms with van der Waals surface area (Å²) >= 11 is 0. The Balaban J connectivity index is 2.27. The molecule has 1 heterocycles. The number of anilines is 1. The van der Waals surface area contributed by atoms with Gasteiger partial charge < -0.3 is 10.2 Å². The molecule has 0 aliphatic carbocycles. The average Bonchev–Trinajstić information content (AvgIpc) is 2.39. The lowest BCUT2D eigenvalue weighted by atomic mass is 9.97. The highest BCUT2D eigenvalue weighted by atomic mass is 19.1. The van der Waals surface area contributed by atoms with Crippen molar-refractivity contribution < 1.29 is 4.39 Å². The van der Waals surface area contributed by atoms with Crippen LogP contribution in [0.2, 0.25) is 0 Å². The number of rotatable bonds is 4. The van der Waals surface area contributed by atoms with Gasteiger partial charge in [-0.25, -0.2) is 4.39 Å². The van der Waals surface area contributed by atoms with E-state index in [1.54, 1.807) is 12.1 Å². The first-order valence-electron chi connectivity index (χ1n) is 7.39. The SMILES string of the molecule is CCNC(C)c1cc(F)ccc1N1CCCC(C)C1. The summed E-state index contributed by atoms with van der Waals surface area (Å²) in [5.41, 5.74) is 2.28. The molecule has 2 atom stereocenters. The lowest BCUT2D eigenvalue weighted by Crippen LogP contribution is -2.35. The van der Waals surface area contributed by atoms with Crippen molar-refractivity contribution in [1.82, 2.24) is 5.32 Å². The maximum atomic E-state index is 13.5. The molecule has 1 aromatic carbocycles. The van der Waals surface area contributed by atoms with Gasteiger partial charge in [0.2, 0.25) is 0 Å². The van der Waals surface area contributed by atoms with E-state index in [1.807, 2.05) is 6.07 Å². The van der Waals surface area contributed by atoms with Crippen LogP contribution in [-0.2, 0) is 0 Å². The number of piperidine rings is 1. The summed E-state index contributed by atoms with van der Waals surface area (Å²) in [6.07, 6.45) is 2.53. The Kier molecular flexibility index (Phi) is 4.81. The lowest BCUT2D eigenvalue weighted by Gasteiger charge is -2.35. The van der Waals surface area contributed by atoms with Gasteiger partial charge in [0.25, 0.3) is 0 Å². The van der Waals surface area contributed by atoms with Gasteiger partial charge in [0.05, 0.1) is 0 Å². The molecule has 1 aliphatic rings. The van der Waals surface area contributed by atoms with Gasteiger partial charge in [0, 0.05) is 24.8 Å². The van der Waals surface area contributed by atoms with Gasteiger partial charge in [-0.15, -0.1) is 0 Å². The standard InChI is InChI=1S/C16H25FN2/c1-4-18-13(3)15-10-14(17)7-8-16(15)19-9-5-6-12(2)11-19/h7-8,10,12-13,18H,4-6,9,11H2,1-3H3. The minimum Gasteiger partial charge on any atom is -0.371 e. The highest BCUT2D eigenvalue weighted by Crippen LogP contribution is 2.30. The molecule has 1 saturated heterocycles. The molecule has 0 radical (unpaired) electrons. The Bertz CT molecular complexity index is 419. The van der Waals surface area contributed by atoms with Crippen molar-refractivity contribution in [2.75, 3.05) is 24.5 Å². The third kappa shape index (κ3) is 3.47. The first-order chi connectivity index (χ1) is 9.11. The second-order valence-electron chi connectivity index (χ2n) is 5.68. The van der Waals surface area contributed by atoms with Crippen molar-refractivity contribution in [1.29, 1.82) is 0 Å². The van der Waals surface area contributed by atoms with Crippen molar-refractivity contribution in [3.8, 4) is 0 Å². The average molecular weight is 264 g/mol. The van der Waals surface area contributed by atoms with Crippen LogP contribution in [0.4, 0.5) is 10.1 Å². The van der Waals surface area contributed by atoms with Crippen LogP contribution in [-0.4, -0.2) is 19.6 Å². The predicted octanol–water partition coefficient (Wildman–Crippen LogP) is 3.73. The quantitative estimate of drug-likeness (QED) is 0.891. The Morgan fingerprint density at radius 2 is 2.26 bits per heavy atom. The third-order valence-electron chi connectivity index (χ3n) is 3.96. The molecule has 1 aliphatic heterocycles. The summed E-state index contributed by atoms with van der Waals surface area (Å²) in [7, 11) is 0. The predicted molar refractivity (Wildman–Crippen MR) is 79.1 cm³/mol. The third-order valence-corrected chi connectivity index (χ3v) is 3.96. The van der Waals surface area contributed by atoms with Crippen LogP contribution in [0, 0.1) is 11.7 Å². The number of hydrogen-bond donors (Lipinski definition) is 1. The zero-order valence-corrected chi connectivity index (χ0v) is 12.2. The van der Waals surface area contributed by atoms with Crippen molar-refractivity contribution in [2.24, 2.45) is 5.92 Å². The fraction of sp³-hybridized carbons (Fsp3) is 0.625. The van der Waals surface area contributed by atoms with Crippen molar-refractivity contribution in [3.63, 3.8) is 0 Å². The van der Waals surface area contributed by atoms with Crippen LogP contribution < -0.4 is 10.2 Å². The molecule has 1 aromatic rings. The summed E-state index contributed by atoms with van der Waals surface area (Å²) < 4.78 is 13.5. The van der Waals surface area contributed by atoms with Crippen molar-refractivity contribution >= 4 is 5.69 Å². The number of hydrogen-bond acceptors (Lipinski definition) is 2. The molecule has 0 bridgehead atoms. The fourth-order valence-corrected chi connectivity index (χ4v) is 2.98. The van der Waals surface area contributed by atoms with Crippen molar-refractivity contribution in [2.45, 2.75) is 39.7 Å². The second kappa shape index (κ2) is 6.38. The van der Waals surface area contributed by atoms with Crippen LogP contribution in [0.1, 0.15) is 45.2 Å². The Morgan fingerprint density at radius 3 is 2.95 bits per heavy atom. The summed E-state index contributed by atoms with van der Waals surface area (Å²) in [5, 5.41) is 3.39. The van der Waals surface area contributed by atoms with Gasteiger partial charge >= 0.3 is 0 Å². The van der Waals surface area contributed by atoms with Gasteiger partial charge in [-0.3, -0.25) is 0 Å². The molecule has 1 N–H and O–H groups in total. The van der Waals surface area contributed by atoms with E-state index in [-0.39, 0.29) is 11.9 Å². The normalized spacial score (nSPS) is 21.5. The van der Waals surface area contributed by atoms with Gasteiger partial charge in [-0.1, -0.05) is 13.8 Å². The molecule has 1 fully saturated rings. The number of nitrogens with one attached hydrogen (secondary N) is 1. The molecule has 0 spiro atoms. The van der Waals surface area contributed by atoms with E-state index in [4.69, 9.17) is 0 Å². The monoisotopic (exact) mass is 264 g/mol. The minimum absolute atomic E-state index is 0.145. The fourth-order valence-electron chi connectivity index (χ4n) is 2.98. The van der Waals surface area contributed by atoms with Crippen LogP contribution in [0.3, 0.4) is 0 Å². The summed E-state index contributed by atoms with van der Waals surface area (Å²) in [4.78, 5) is 2.41. The highest BCUT2D eigenvalue weighted by Gasteiger charge is 2.21. The van der Waals surface area contributed by atoms with E-state index in [9.17, 15) is 4.39 Å². The zero-order valence-electron chi connectivity index (χ0n) is 12.2. The number of nitrogens with zero attached hydrogens (tertiary/aromatic N) is 1. The molecule has 2 rings (SSSR count). The molecular formula is C16H25FN2. The van der Waals surface area contributed by atoms with E-state index >= 15 is 0 Å². The van der Waals surface area contributed by atoms with Gasteiger partial charge in [0.1, 0.15) is 5.82 Å². The van der Waals surface area contributed by atoms with Crippen LogP contribution in [0.25, 0.3) is 0 Å². The van der Waals surface area contributed by atoms with E-state index in [0.29, 0.717) is 0 Å². The van der Waals surface area contributed by atoms with Gasteiger partial charge in [0.15, 0.2) is 0 Å². The van der Waals surface area contributed by atoms with E-state index in [2.05, 4.69) is 31.0 Å². The van der Waals surface area contributed by atoms with Crippen LogP contribution in [0.5, 0.6) is 0 Å². The Hall–Kier alpha value is -1.09. The highest BCUT2D eigenvalue weighted by molar-refractivity contribution is 5.55. The van der Waals surface area contributed by atoms with Gasteiger partial charge in [-0.2, -0.15) is 0 Å². The van der Waals surface area contributed by atoms with Crippen LogP contribution >= 0.6 is 0 Å². The van der Waals surface area contributed by atoms with Gasteiger partial charge in [-0.05, 0) is 56.0 Å². The first-order valence-corrected chi connectivity index (χ1v) is 7.39. The topological polar surface area (TPSA) is 15.3 Å². The molecule has 19 heavy (non-hydrogen) atoms. The smallest absolute Gasteiger partial charge is 0.123 e. The molecule has 0 amide bonds. The summed E-state index contributed by atoms with van der Waals surface area (Å²) in [5.74, 6) is 0.578. The van der Waals surface area contributed by atoms with E-state index in [1.165, 1.54) is 18.5 Å².